The van der Waals surface area contributed by atoms with Crippen molar-refractivity contribution >= 4 is 6.21 Å². The van der Waals surface area contributed by atoms with Gasteiger partial charge in [-0.25, -0.2) is 9.13 Å². The third-order valence-electron chi connectivity index (χ3n) is 3.78. The molecule has 0 saturated heterocycles. The van der Waals surface area contributed by atoms with Crippen LogP contribution in [0.4, 0.5) is 0 Å². The molecule has 20 heavy (non-hydrogen) atoms. The number of oxime groups is 1. The van der Waals surface area contributed by atoms with Crippen LogP contribution in [0.15, 0.2) is 17.5 Å². The SMILES string of the molecule is CC(CCn1cc[n+](C)c1/C=N/O)C(C)(C)[N+](=O)[O-].[Cl-]. The Kier molecular flexibility index (Phi) is 6.64. The van der Waals surface area contributed by atoms with Gasteiger partial charge in [0.05, 0.1) is 13.6 Å². The summed E-state index contributed by atoms with van der Waals surface area (Å²) in [7, 11) is 1.85. The summed E-state index contributed by atoms with van der Waals surface area (Å²) in [5.41, 5.74) is -0.944. The minimum Gasteiger partial charge on any atom is -1.00 e. The predicted molar refractivity (Wildman–Crippen MR) is 69.8 cm³/mol. The van der Waals surface area contributed by atoms with Crippen molar-refractivity contribution in [3.8, 4) is 0 Å². The fraction of sp³-hybridized carbons (Fsp3) is 0.667. The van der Waals surface area contributed by atoms with E-state index in [4.69, 9.17) is 5.21 Å². The zero-order chi connectivity index (χ0) is 14.6. The van der Waals surface area contributed by atoms with E-state index in [1.807, 2.05) is 35.5 Å². The third-order valence-corrected chi connectivity index (χ3v) is 3.78. The number of hydrogen-bond acceptors (Lipinski definition) is 4. The van der Waals surface area contributed by atoms with Crippen LogP contribution in [0.25, 0.3) is 0 Å². The first-order valence-electron chi connectivity index (χ1n) is 6.17. The summed E-state index contributed by atoms with van der Waals surface area (Å²) < 4.78 is 3.73. The first kappa shape index (κ1) is 18.4. The standard InChI is InChI=1S/C12H20N4O3.ClH/c1-10(12(2,3)16(18)19)5-6-15-8-7-14(4)11(15)9-13-17;/h7-10H,5-6H2,1-4H3;1H. The van der Waals surface area contributed by atoms with Crippen LogP contribution in [0.1, 0.15) is 33.0 Å². The molecule has 1 aromatic heterocycles. The molecule has 0 aliphatic carbocycles. The van der Waals surface area contributed by atoms with E-state index in [2.05, 4.69) is 5.16 Å². The van der Waals surface area contributed by atoms with Gasteiger partial charge in [0.1, 0.15) is 12.4 Å². The lowest BCUT2D eigenvalue weighted by molar-refractivity contribution is -0.671. The first-order valence-corrected chi connectivity index (χ1v) is 6.17. The Labute approximate surface area is 124 Å². The second-order valence-corrected chi connectivity index (χ2v) is 5.31. The normalized spacial score (nSPS) is 13.2. The second kappa shape index (κ2) is 7.23. The van der Waals surface area contributed by atoms with Crippen LogP contribution >= 0.6 is 0 Å². The van der Waals surface area contributed by atoms with Gasteiger partial charge in [0, 0.05) is 24.7 Å². The van der Waals surface area contributed by atoms with Gasteiger partial charge in [0.25, 0.3) is 0 Å². The van der Waals surface area contributed by atoms with Gasteiger partial charge in [0.2, 0.25) is 5.54 Å². The summed E-state index contributed by atoms with van der Waals surface area (Å²) in [6, 6.07) is 0. The van der Waals surface area contributed by atoms with Gasteiger partial charge < -0.3 is 17.6 Å². The average molecular weight is 305 g/mol. The number of aromatic nitrogens is 2. The molecule has 0 aromatic carbocycles. The van der Waals surface area contributed by atoms with Crippen molar-refractivity contribution in [1.29, 1.82) is 0 Å². The van der Waals surface area contributed by atoms with Crippen molar-refractivity contribution in [1.82, 2.24) is 4.57 Å². The average Bonchev–Trinajstić information content (AvgIpc) is 2.68. The highest BCUT2D eigenvalue weighted by atomic mass is 35.5. The Balaban J connectivity index is 0.00000361. The monoisotopic (exact) mass is 304 g/mol. The molecule has 0 amide bonds. The molecule has 1 heterocycles. The van der Waals surface area contributed by atoms with Crippen molar-refractivity contribution in [2.45, 2.75) is 39.3 Å². The lowest BCUT2D eigenvalue weighted by atomic mass is 9.87. The largest absolute Gasteiger partial charge is 1.00 e. The van der Waals surface area contributed by atoms with Crippen LogP contribution in [0.2, 0.25) is 0 Å². The van der Waals surface area contributed by atoms with E-state index in [1.54, 1.807) is 13.8 Å². The van der Waals surface area contributed by atoms with Crippen LogP contribution in [0.5, 0.6) is 0 Å². The number of nitrogens with zero attached hydrogens (tertiary/aromatic N) is 4. The molecule has 0 aliphatic heterocycles. The summed E-state index contributed by atoms with van der Waals surface area (Å²) in [4.78, 5) is 10.8. The number of halogens is 1. The third kappa shape index (κ3) is 3.93. The van der Waals surface area contributed by atoms with Crippen molar-refractivity contribution in [2.75, 3.05) is 0 Å². The first-order chi connectivity index (χ1) is 8.80. The Morgan fingerprint density at radius 2 is 2.25 bits per heavy atom. The van der Waals surface area contributed by atoms with Crippen molar-refractivity contribution in [3.05, 3.63) is 28.3 Å². The maximum Gasteiger partial charge on any atom is 0.303 e. The quantitative estimate of drug-likeness (QED) is 0.221. The Morgan fingerprint density at radius 1 is 1.65 bits per heavy atom. The van der Waals surface area contributed by atoms with Crippen molar-refractivity contribution in [2.24, 2.45) is 18.1 Å². The van der Waals surface area contributed by atoms with E-state index in [0.717, 1.165) is 5.82 Å². The molecule has 1 rings (SSSR count). The summed E-state index contributed by atoms with van der Waals surface area (Å²) in [6.07, 6.45) is 5.74. The highest BCUT2D eigenvalue weighted by Crippen LogP contribution is 2.23. The van der Waals surface area contributed by atoms with E-state index in [-0.39, 0.29) is 23.2 Å². The van der Waals surface area contributed by atoms with Gasteiger partial charge in [0.15, 0.2) is 6.21 Å². The minimum atomic E-state index is -0.944. The van der Waals surface area contributed by atoms with E-state index in [0.29, 0.717) is 13.0 Å². The van der Waals surface area contributed by atoms with Crippen molar-refractivity contribution in [3.63, 3.8) is 0 Å². The molecule has 8 heteroatoms. The number of aryl methyl sites for hydroxylation is 2. The Hall–Kier alpha value is -1.63. The van der Waals surface area contributed by atoms with Gasteiger partial charge >= 0.3 is 5.82 Å². The topological polar surface area (TPSA) is 84.5 Å². The molecular formula is C12H21ClN4O3. The van der Waals surface area contributed by atoms with Crippen LogP contribution in [-0.2, 0) is 13.6 Å². The summed E-state index contributed by atoms with van der Waals surface area (Å²) >= 11 is 0. The number of hydrogen-bond donors (Lipinski definition) is 1. The van der Waals surface area contributed by atoms with Crippen LogP contribution in [0.3, 0.4) is 0 Å². The summed E-state index contributed by atoms with van der Waals surface area (Å²) in [5.74, 6) is 0.683. The predicted octanol–water partition coefficient (Wildman–Crippen LogP) is -1.79. The number of imidazole rings is 1. The Bertz CT molecular complexity index is 485. The minimum absolute atomic E-state index is 0. The Morgan fingerprint density at radius 3 is 2.75 bits per heavy atom. The molecule has 0 aliphatic rings. The zero-order valence-electron chi connectivity index (χ0n) is 12.2. The van der Waals surface area contributed by atoms with Crippen LogP contribution in [-0.4, -0.2) is 26.5 Å². The fourth-order valence-corrected chi connectivity index (χ4v) is 1.81. The van der Waals surface area contributed by atoms with Gasteiger partial charge in [-0.15, -0.1) is 0 Å². The molecule has 1 atom stereocenters. The molecule has 1 aromatic rings. The van der Waals surface area contributed by atoms with Crippen LogP contribution < -0.4 is 17.0 Å². The van der Waals surface area contributed by atoms with E-state index in [1.165, 1.54) is 6.21 Å². The van der Waals surface area contributed by atoms with Gasteiger partial charge in [-0.05, 0) is 6.42 Å². The van der Waals surface area contributed by atoms with Gasteiger partial charge in [-0.1, -0.05) is 12.1 Å². The maximum atomic E-state index is 11.0. The second-order valence-electron chi connectivity index (χ2n) is 5.31. The molecule has 0 radical (unpaired) electrons. The zero-order valence-corrected chi connectivity index (χ0v) is 12.9. The maximum absolute atomic E-state index is 11.0. The summed E-state index contributed by atoms with van der Waals surface area (Å²) in [5, 5.41) is 22.6. The lowest BCUT2D eigenvalue weighted by Crippen LogP contribution is -3.00. The fourth-order valence-electron chi connectivity index (χ4n) is 1.81. The van der Waals surface area contributed by atoms with Crippen LogP contribution in [0, 0.1) is 16.0 Å². The molecular weight excluding hydrogens is 284 g/mol. The molecule has 0 fully saturated rings. The molecule has 0 spiro atoms. The lowest BCUT2D eigenvalue weighted by Gasteiger charge is -2.22. The van der Waals surface area contributed by atoms with Crippen molar-refractivity contribution < 1.29 is 27.1 Å². The molecule has 0 bridgehead atoms. The smallest absolute Gasteiger partial charge is 0.303 e. The molecule has 1 N–H and O–H groups in total. The molecule has 0 saturated carbocycles. The molecule has 114 valence electrons. The molecule has 1 unspecified atom stereocenters. The number of nitro groups is 1. The van der Waals surface area contributed by atoms with E-state index in [9.17, 15) is 10.1 Å². The summed E-state index contributed by atoms with van der Waals surface area (Å²) in [6.45, 7) is 5.81. The van der Waals surface area contributed by atoms with Gasteiger partial charge in [-0.3, -0.25) is 10.1 Å². The van der Waals surface area contributed by atoms with E-state index < -0.39 is 5.54 Å². The highest BCUT2D eigenvalue weighted by Gasteiger charge is 2.37. The number of rotatable bonds is 6. The highest BCUT2D eigenvalue weighted by molar-refractivity contribution is 5.72. The molecule has 7 nitrogen and oxygen atoms in total. The van der Waals surface area contributed by atoms with E-state index >= 15 is 0 Å². The van der Waals surface area contributed by atoms with Gasteiger partial charge in [-0.2, -0.15) is 0 Å².